The maximum Gasteiger partial charge on any atom is 0.201 e. The lowest BCUT2D eigenvalue weighted by atomic mass is 9.78. The molecule has 0 atom stereocenters. The zero-order valence-electron chi connectivity index (χ0n) is 19.2. The Hall–Kier alpha value is -3.27. The van der Waals surface area contributed by atoms with Gasteiger partial charge in [0, 0.05) is 11.1 Å². The predicted molar refractivity (Wildman–Crippen MR) is 132 cm³/mol. The van der Waals surface area contributed by atoms with E-state index >= 15 is 4.39 Å². The van der Waals surface area contributed by atoms with Gasteiger partial charge in [-0.25, -0.2) is 8.78 Å². The molecule has 1 fully saturated rings. The van der Waals surface area contributed by atoms with Crippen molar-refractivity contribution in [2.75, 3.05) is 6.61 Å². The summed E-state index contributed by atoms with van der Waals surface area (Å²) >= 11 is 0. The van der Waals surface area contributed by atoms with Gasteiger partial charge in [0.2, 0.25) is 5.82 Å². The molecule has 1 nitrogen and oxygen atoms in total. The van der Waals surface area contributed by atoms with Crippen molar-refractivity contribution >= 4 is 0 Å². The van der Waals surface area contributed by atoms with Gasteiger partial charge >= 0.3 is 0 Å². The Bertz CT molecular complexity index is 1160. The molecular formula is C30H29F3O. The van der Waals surface area contributed by atoms with E-state index in [0.717, 1.165) is 31.2 Å². The number of hydrogen-bond acceptors (Lipinski definition) is 1. The molecule has 0 spiro atoms. The van der Waals surface area contributed by atoms with Crippen molar-refractivity contribution in [2.24, 2.45) is 5.92 Å². The second-order valence-corrected chi connectivity index (χ2v) is 8.83. The highest BCUT2D eigenvalue weighted by atomic mass is 19.2. The number of allylic oxidation sites excluding steroid dienone is 1. The van der Waals surface area contributed by atoms with Crippen molar-refractivity contribution < 1.29 is 17.9 Å². The zero-order valence-corrected chi connectivity index (χ0v) is 19.2. The van der Waals surface area contributed by atoms with Crippen LogP contribution in [0.15, 0.2) is 79.9 Å². The summed E-state index contributed by atoms with van der Waals surface area (Å²) in [7, 11) is 0. The molecule has 3 aromatic rings. The van der Waals surface area contributed by atoms with Crippen LogP contribution in [-0.4, -0.2) is 6.61 Å². The maximum atomic E-state index is 15.0. The quantitative estimate of drug-likeness (QED) is 0.240. The normalized spacial score (nSPS) is 17.9. The molecule has 0 unspecified atom stereocenters. The lowest BCUT2D eigenvalue weighted by molar-refractivity contribution is 0.302. The molecule has 0 N–H and O–H groups in total. The molecular weight excluding hydrogens is 433 g/mol. The molecule has 1 aliphatic rings. The van der Waals surface area contributed by atoms with Crippen LogP contribution in [0.25, 0.3) is 22.3 Å². The molecule has 176 valence electrons. The van der Waals surface area contributed by atoms with Crippen LogP contribution in [0.4, 0.5) is 13.2 Å². The Labute approximate surface area is 199 Å². The Morgan fingerprint density at radius 3 is 2.06 bits per heavy atom. The van der Waals surface area contributed by atoms with Crippen molar-refractivity contribution in [3.63, 3.8) is 0 Å². The van der Waals surface area contributed by atoms with Crippen LogP contribution in [0.3, 0.4) is 0 Å². The molecule has 3 aromatic carbocycles. The summed E-state index contributed by atoms with van der Waals surface area (Å²) in [5, 5.41) is 0. The summed E-state index contributed by atoms with van der Waals surface area (Å²) in [6.45, 7) is 7.69. The Kier molecular flexibility index (Phi) is 7.56. The van der Waals surface area contributed by atoms with Gasteiger partial charge in [-0.15, -0.1) is 13.2 Å². The second kappa shape index (κ2) is 10.8. The number of ether oxygens (including phenoxy) is 1. The Morgan fingerprint density at radius 2 is 1.44 bits per heavy atom. The van der Waals surface area contributed by atoms with E-state index in [1.165, 1.54) is 12.1 Å². The third-order valence-corrected chi connectivity index (χ3v) is 6.70. The van der Waals surface area contributed by atoms with Crippen LogP contribution >= 0.6 is 0 Å². The molecule has 4 heteroatoms. The largest absolute Gasteiger partial charge is 0.490 e. The highest BCUT2D eigenvalue weighted by Gasteiger charge is 2.22. The number of hydrogen-bond donors (Lipinski definition) is 0. The molecule has 0 amide bonds. The van der Waals surface area contributed by atoms with Gasteiger partial charge in [-0.1, -0.05) is 48.6 Å². The Balaban J connectivity index is 1.51. The number of benzene rings is 3. The van der Waals surface area contributed by atoms with Crippen LogP contribution in [0.5, 0.6) is 5.75 Å². The van der Waals surface area contributed by atoms with E-state index in [-0.39, 0.29) is 23.7 Å². The van der Waals surface area contributed by atoms with Gasteiger partial charge in [0.25, 0.3) is 0 Å². The van der Waals surface area contributed by atoms with Gasteiger partial charge in [0.1, 0.15) is 5.82 Å². The summed E-state index contributed by atoms with van der Waals surface area (Å²) in [4.78, 5) is 0. The zero-order chi connectivity index (χ0) is 24.1. The molecule has 0 radical (unpaired) electrons. The van der Waals surface area contributed by atoms with Crippen molar-refractivity contribution in [3.05, 3.63) is 103 Å². The molecule has 0 heterocycles. The summed E-state index contributed by atoms with van der Waals surface area (Å²) in [6.07, 6.45) is 8.49. The minimum absolute atomic E-state index is 0.125. The molecule has 0 aliphatic heterocycles. The van der Waals surface area contributed by atoms with E-state index in [1.807, 2.05) is 18.2 Å². The first kappa shape index (κ1) is 23.9. The van der Waals surface area contributed by atoms with Gasteiger partial charge in [0.05, 0.1) is 6.61 Å². The SMILES string of the molecule is C=CCCOc1ccc(-c2ccc(-c3ccc(C4CCC(C=C)CC4)cc3F)cc2)c(F)c1F. The second-order valence-electron chi connectivity index (χ2n) is 8.83. The third-order valence-electron chi connectivity index (χ3n) is 6.70. The highest BCUT2D eigenvalue weighted by molar-refractivity contribution is 5.71. The van der Waals surface area contributed by atoms with Gasteiger partial charge in [-0.2, -0.15) is 4.39 Å². The van der Waals surface area contributed by atoms with Crippen molar-refractivity contribution in [3.8, 4) is 28.0 Å². The van der Waals surface area contributed by atoms with Crippen LogP contribution in [0, 0.1) is 23.4 Å². The smallest absolute Gasteiger partial charge is 0.201 e. The first-order chi connectivity index (χ1) is 16.5. The van der Waals surface area contributed by atoms with Crippen molar-refractivity contribution in [2.45, 2.75) is 38.0 Å². The molecule has 0 bridgehead atoms. The average molecular weight is 463 g/mol. The third kappa shape index (κ3) is 5.11. The predicted octanol–water partition coefficient (Wildman–Crippen LogP) is 8.85. The number of halogens is 3. The number of rotatable bonds is 8. The van der Waals surface area contributed by atoms with Crippen LogP contribution in [0.1, 0.15) is 43.6 Å². The maximum absolute atomic E-state index is 15.0. The van der Waals surface area contributed by atoms with E-state index in [4.69, 9.17) is 4.74 Å². The fourth-order valence-electron chi connectivity index (χ4n) is 4.66. The monoisotopic (exact) mass is 462 g/mol. The van der Waals surface area contributed by atoms with Gasteiger partial charge in [-0.05, 0) is 78.8 Å². The van der Waals surface area contributed by atoms with E-state index in [2.05, 4.69) is 13.2 Å². The van der Waals surface area contributed by atoms with Crippen LogP contribution < -0.4 is 4.74 Å². The standard InChI is InChI=1S/C30H29F3O/c1-3-5-18-34-28-17-16-26(29(32)30(28)33)23-12-10-22(11-13-23)25-15-14-24(19-27(25)31)21-8-6-20(4-2)7-9-21/h3-4,10-17,19-21H,1-2,5-9,18H2. The first-order valence-electron chi connectivity index (χ1n) is 11.8. The fraction of sp³-hybridized carbons (Fsp3) is 0.267. The summed E-state index contributed by atoms with van der Waals surface area (Å²) < 4.78 is 49.4. The Morgan fingerprint density at radius 1 is 0.794 bits per heavy atom. The average Bonchev–Trinajstić information content (AvgIpc) is 2.87. The van der Waals surface area contributed by atoms with E-state index < -0.39 is 11.6 Å². The minimum atomic E-state index is -1.02. The highest BCUT2D eigenvalue weighted by Crippen LogP contribution is 2.38. The molecule has 0 aromatic heterocycles. The molecule has 0 saturated heterocycles. The van der Waals surface area contributed by atoms with E-state index in [1.54, 1.807) is 36.4 Å². The van der Waals surface area contributed by atoms with E-state index in [9.17, 15) is 8.78 Å². The summed E-state index contributed by atoms with van der Waals surface area (Å²) in [5.41, 5.74) is 2.86. The molecule has 34 heavy (non-hydrogen) atoms. The lowest BCUT2D eigenvalue weighted by Crippen LogP contribution is -2.11. The van der Waals surface area contributed by atoms with Crippen LogP contribution in [-0.2, 0) is 0 Å². The molecule has 1 saturated carbocycles. The summed E-state index contributed by atoms with van der Waals surface area (Å²) in [6, 6.07) is 15.2. The van der Waals surface area contributed by atoms with Crippen LogP contribution in [0.2, 0.25) is 0 Å². The topological polar surface area (TPSA) is 9.23 Å². The molecule has 4 rings (SSSR count). The summed E-state index contributed by atoms with van der Waals surface area (Å²) in [5.74, 6) is -1.43. The minimum Gasteiger partial charge on any atom is -0.490 e. The van der Waals surface area contributed by atoms with Crippen molar-refractivity contribution in [1.29, 1.82) is 0 Å². The van der Waals surface area contributed by atoms with Gasteiger partial charge < -0.3 is 4.74 Å². The van der Waals surface area contributed by atoms with Gasteiger partial charge in [0.15, 0.2) is 11.6 Å². The first-order valence-corrected chi connectivity index (χ1v) is 11.8. The van der Waals surface area contributed by atoms with E-state index in [0.29, 0.717) is 34.9 Å². The van der Waals surface area contributed by atoms with Gasteiger partial charge in [-0.3, -0.25) is 0 Å². The van der Waals surface area contributed by atoms with Crippen molar-refractivity contribution in [1.82, 2.24) is 0 Å². The molecule has 1 aliphatic carbocycles. The lowest BCUT2D eigenvalue weighted by Gasteiger charge is -2.27. The fourth-order valence-corrected chi connectivity index (χ4v) is 4.66.